The molecule has 1 heterocycles. The average molecular weight is 453 g/mol. The summed E-state index contributed by atoms with van der Waals surface area (Å²) in [5.74, 6) is -0.502. The number of aromatic hydroxyl groups is 1. The first-order valence-corrected chi connectivity index (χ1v) is 11.0. The van der Waals surface area contributed by atoms with Gasteiger partial charge in [-0.25, -0.2) is 8.42 Å². The molecule has 3 rings (SSSR count). The van der Waals surface area contributed by atoms with E-state index in [2.05, 4.69) is 21.2 Å². The summed E-state index contributed by atoms with van der Waals surface area (Å²) in [5.41, 5.74) is 0.948. The van der Waals surface area contributed by atoms with Gasteiger partial charge in [0.05, 0.1) is 10.5 Å². The van der Waals surface area contributed by atoms with Crippen LogP contribution in [0.25, 0.3) is 0 Å². The predicted molar refractivity (Wildman–Crippen MR) is 106 cm³/mol. The third-order valence-electron chi connectivity index (χ3n) is 4.53. The van der Waals surface area contributed by atoms with Gasteiger partial charge < -0.3 is 10.4 Å². The minimum atomic E-state index is -3.46. The Morgan fingerprint density at radius 1 is 1.07 bits per heavy atom. The lowest BCUT2D eigenvalue weighted by atomic mass is 10.1. The Kier molecular flexibility index (Phi) is 6.18. The maximum atomic E-state index is 12.6. The summed E-state index contributed by atoms with van der Waals surface area (Å²) < 4.78 is 27.5. The van der Waals surface area contributed by atoms with Crippen molar-refractivity contribution in [3.63, 3.8) is 0 Å². The third kappa shape index (κ3) is 4.69. The van der Waals surface area contributed by atoms with Crippen LogP contribution in [0.1, 0.15) is 35.2 Å². The van der Waals surface area contributed by atoms with Crippen LogP contribution in [0, 0.1) is 0 Å². The standard InChI is InChI=1S/C19H21BrN2O4S/c20-15-6-9-18(23)17(12-15)19(24)21-13-14-4-7-16(8-5-14)27(25,26)22-10-2-1-3-11-22/h4-9,12,23H,1-3,10-11,13H2,(H,21,24). The van der Waals surface area contributed by atoms with Crippen molar-refractivity contribution in [1.82, 2.24) is 9.62 Å². The number of piperidine rings is 1. The number of nitrogens with one attached hydrogen (secondary N) is 1. The molecule has 0 atom stereocenters. The molecule has 0 radical (unpaired) electrons. The Balaban J connectivity index is 1.65. The summed E-state index contributed by atoms with van der Waals surface area (Å²) in [6.45, 7) is 1.36. The topological polar surface area (TPSA) is 86.7 Å². The van der Waals surface area contributed by atoms with Crippen molar-refractivity contribution in [3.05, 3.63) is 58.1 Å². The second-order valence-corrected chi connectivity index (χ2v) is 9.31. The first-order valence-electron chi connectivity index (χ1n) is 8.74. The highest BCUT2D eigenvalue weighted by atomic mass is 79.9. The average Bonchev–Trinajstić information content (AvgIpc) is 2.69. The van der Waals surface area contributed by atoms with Gasteiger partial charge in [-0.15, -0.1) is 0 Å². The number of carbonyl (C=O) groups excluding carboxylic acids is 1. The number of carbonyl (C=O) groups is 1. The number of benzene rings is 2. The fourth-order valence-electron chi connectivity index (χ4n) is 3.00. The van der Waals surface area contributed by atoms with Crippen molar-refractivity contribution in [1.29, 1.82) is 0 Å². The maximum absolute atomic E-state index is 12.6. The molecule has 144 valence electrons. The molecule has 8 heteroatoms. The highest BCUT2D eigenvalue weighted by Crippen LogP contribution is 2.23. The molecule has 0 spiro atoms. The molecule has 1 aliphatic rings. The molecular weight excluding hydrogens is 432 g/mol. The van der Waals surface area contributed by atoms with E-state index in [1.165, 1.54) is 10.4 Å². The smallest absolute Gasteiger partial charge is 0.255 e. The highest BCUT2D eigenvalue weighted by Gasteiger charge is 2.25. The first kappa shape index (κ1) is 19.9. The summed E-state index contributed by atoms with van der Waals surface area (Å²) in [5, 5.41) is 12.5. The molecule has 27 heavy (non-hydrogen) atoms. The molecule has 0 saturated carbocycles. The molecule has 0 unspecified atom stereocenters. The van der Waals surface area contributed by atoms with Gasteiger partial charge in [0, 0.05) is 24.1 Å². The van der Waals surface area contributed by atoms with Gasteiger partial charge >= 0.3 is 0 Å². The lowest BCUT2D eigenvalue weighted by Crippen LogP contribution is -2.35. The van der Waals surface area contributed by atoms with Crippen LogP contribution in [0.3, 0.4) is 0 Å². The van der Waals surface area contributed by atoms with E-state index in [-0.39, 0.29) is 22.8 Å². The van der Waals surface area contributed by atoms with E-state index in [9.17, 15) is 18.3 Å². The van der Waals surface area contributed by atoms with Crippen LogP contribution in [0.2, 0.25) is 0 Å². The van der Waals surface area contributed by atoms with E-state index in [0.717, 1.165) is 24.8 Å². The first-order chi connectivity index (χ1) is 12.9. The van der Waals surface area contributed by atoms with Gasteiger partial charge in [-0.05, 0) is 48.7 Å². The van der Waals surface area contributed by atoms with Gasteiger partial charge in [-0.2, -0.15) is 4.31 Å². The lowest BCUT2D eigenvalue weighted by Gasteiger charge is -2.25. The molecule has 1 fully saturated rings. The monoisotopic (exact) mass is 452 g/mol. The van der Waals surface area contributed by atoms with E-state index in [4.69, 9.17) is 0 Å². The van der Waals surface area contributed by atoms with Crippen LogP contribution in [-0.4, -0.2) is 36.8 Å². The fourth-order valence-corrected chi connectivity index (χ4v) is 4.88. The molecule has 2 aromatic rings. The summed E-state index contributed by atoms with van der Waals surface area (Å²) in [7, 11) is -3.46. The maximum Gasteiger partial charge on any atom is 0.255 e. The molecule has 2 aromatic carbocycles. The molecule has 1 aliphatic heterocycles. The Morgan fingerprint density at radius 3 is 2.41 bits per heavy atom. The Labute approximate surface area is 167 Å². The molecule has 0 aliphatic carbocycles. The van der Waals surface area contributed by atoms with E-state index < -0.39 is 15.9 Å². The zero-order chi connectivity index (χ0) is 19.4. The molecule has 0 bridgehead atoms. The Bertz CT molecular complexity index is 923. The summed E-state index contributed by atoms with van der Waals surface area (Å²) in [6, 6.07) is 11.2. The van der Waals surface area contributed by atoms with Crippen LogP contribution in [0.15, 0.2) is 51.8 Å². The zero-order valence-electron chi connectivity index (χ0n) is 14.7. The van der Waals surface area contributed by atoms with E-state index >= 15 is 0 Å². The second kappa shape index (κ2) is 8.41. The quantitative estimate of drug-likeness (QED) is 0.728. The number of halogens is 1. The minimum absolute atomic E-state index is 0.0985. The van der Waals surface area contributed by atoms with Gasteiger partial charge in [-0.3, -0.25) is 4.79 Å². The number of phenols is 1. The fraction of sp³-hybridized carbons (Fsp3) is 0.316. The molecule has 0 aromatic heterocycles. The van der Waals surface area contributed by atoms with Gasteiger partial charge in [0.15, 0.2) is 0 Å². The van der Waals surface area contributed by atoms with E-state index in [1.807, 2.05) is 0 Å². The zero-order valence-corrected chi connectivity index (χ0v) is 17.1. The Hall–Kier alpha value is -1.90. The second-order valence-electron chi connectivity index (χ2n) is 6.45. The highest BCUT2D eigenvalue weighted by molar-refractivity contribution is 9.10. The molecule has 6 nitrogen and oxygen atoms in total. The number of hydrogen-bond donors (Lipinski definition) is 2. The molecule has 1 amide bonds. The molecule has 1 saturated heterocycles. The van der Waals surface area contributed by atoms with Crippen molar-refractivity contribution >= 4 is 31.9 Å². The Morgan fingerprint density at radius 2 is 1.74 bits per heavy atom. The molecule has 2 N–H and O–H groups in total. The van der Waals surface area contributed by atoms with Gasteiger partial charge in [0.1, 0.15) is 5.75 Å². The van der Waals surface area contributed by atoms with Crippen LogP contribution >= 0.6 is 15.9 Å². The van der Waals surface area contributed by atoms with Crippen molar-refractivity contribution in [2.24, 2.45) is 0 Å². The SMILES string of the molecule is O=C(NCc1ccc(S(=O)(=O)N2CCCCC2)cc1)c1cc(Br)ccc1O. The summed E-state index contributed by atoms with van der Waals surface area (Å²) >= 11 is 3.27. The number of phenolic OH excluding ortho intramolecular Hbond substituents is 1. The number of sulfonamides is 1. The van der Waals surface area contributed by atoms with Crippen molar-refractivity contribution in [2.75, 3.05) is 13.1 Å². The van der Waals surface area contributed by atoms with Crippen molar-refractivity contribution < 1.29 is 18.3 Å². The van der Waals surface area contributed by atoms with Gasteiger partial charge in [0.25, 0.3) is 5.91 Å². The summed E-state index contributed by atoms with van der Waals surface area (Å²) in [6.07, 6.45) is 2.86. The third-order valence-corrected chi connectivity index (χ3v) is 6.94. The number of nitrogens with zero attached hydrogens (tertiary/aromatic N) is 1. The summed E-state index contributed by atoms with van der Waals surface area (Å²) in [4.78, 5) is 12.5. The van der Waals surface area contributed by atoms with Crippen LogP contribution < -0.4 is 5.32 Å². The number of amides is 1. The predicted octanol–water partition coefficient (Wildman–Crippen LogP) is 3.26. The van der Waals surface area contributed by atoms with Crippen LogP contribution in [0.5, 0.6) is 5.75 Å². The van der Waals surface area contributed by atoms with Crippen molar-refractivity contribution in [2.45, 2.75) is 30.7 Å². The van der Waals surface area contributed by atoms with E-state index in [1.54, 1.807) is 36.4 Å². The minimum Gasteiger partial charge on any atom is -0.507 e. The van der Waals surface area contributed by atoms with Crippen LogP contribution in [-0.2, 0) is 16.6 Å². The number of rotatable bonds is 5. The van der Waals surface area contributed by atoms with Crippen LogP contribution in [0.4, 0.5) is 0 Å². The lowest BCUT2D eigenvalue weighted by molar-refractivity contribution is 0.0948. The molecular formula is C19H21BrN2O4S. The van der Waals surface area contributed by atoms with E-state index in [0.29, 0.717) is 17.6 Å². The largest absolute Gasteiger partial charge is 0.507 e. The number of hydrogen-bond acceptors (Lipinski definition) is 4. The van der Waals surface area contributed by atoms with Gasteiger partial charge in [0.2, 0.25) is 10.0 Å². The van der Waals surface area contributed by atoms with Gasteiger partial charge in [-0.1, -0.05) is 34.5 Å². The van der Waals surface area contributed by atoms with Crippen molar-refractivity contribution in [3.8, 4) is 5.75 Å². The normalized spacial score (nSPS) is 15.4.